The number of hydrogen-bond acceptors (Lipinski definition) is 6. The Morgan fingerprint density at radius 3 is 2.55 bits per heavy atom. The van der Waals surface area contributed by atoms with E-state index in [0.717, 1.165) is 6.66 Å². The Morgan fingerprint density at radius 1 is 1.40 bits per heavy atom. The van der Waals surface area contributed by atoms with Gasteiger partial charge in [-0.15, -0.1) is 0 Å². The van der Waals surface area contributed by atoms with Gasteiger partial charge in [-0.25, -0.2) is 0 Å². The van der Waals surface area contributed by atoms with Gasteiger partial charge in [0.1, 0.15) is 0 Å². The van der Waals surface area contributed by atoms with Crippen LogP contribution in [0.1, 0.15) is 0 Å². The maximum atomic E-state index is 11.1. The van der Waals surface area contributed by atoms with E-state index in [9.17, 15) is 14.7 Å². The van der Waals surface area contributed by atoms with E-state index in [1.165, 1.54) is 6.07 Å². The molecule has 106 valence electrons. The molecule has 0 amide bonds. The standard InChI is InChI=1S/C11H12N3O5P/c1-20(17,18)19-13-11-8-5-3-2-4-7(8)10(14(15)16)6-9(11)12/h2-6,13H,12H2,1H3,(H,17,18). The van der Waals surface area contributed by atoms with Crippen molar-refractivity contribution in [2.75, 3.05) is 17.9 Å². The fraction of sp³-hybridized carbons (Fsp3) is 0.0909. The summed E-state index contributed by atoms with van der Waals surface area (Å²) in [6.07, 6.45) is 0. The second-order valence-corrected chi connectivity index (χ2v) is 5.95. The molecule has 0 radical (unpaired) electrons. The molecule has 2 rings (SSSR count). The van der Waals surface area contributed by atoms with Crippen LogP contribution < -0.4 is 11.2 Å². The van der Waals surface area contributed by atoms with Gasteiger partial charge in [0.2, 0.25) is 0 Å². The zero-order chi connectivity index (χ0) is 14.9. The number of anilines is 2. The van der Waals surface area contributed by atoms with Crippen molar-refractivity contribution in [1.82, 2.24) is 0 Å². The largest absolute Gasteiger partial charge is 0.397 e. The molecule has 0 bridgehead atoms. The summed E-state index contributed by atoms with van der Waals surface area (Å²) < 4.78 is 15.7. The van der Waals surface area contributed by atoms with E-state index in [-0.39, 0.29) is 17.1 Å². The Balaban J connectivity index is 2.61. The highest BCUT2D eigenvalue weighted by Crippen LogP contribution is 2.41. The monoisotopic (exact) mass is 297 g/mol. The molecule has 4 N–H and O–H groups in total. The lowest BCUT2D eigenvalue weighted by molar-refractivity contribution is -0.383. The number of nitrogens with one attached hydrogen (secondary N) is 1. The number of nitrogen functional groups attached to an aromatic ring is 1. The Labute approximate surface area is 113 Å². The van der Waals surface area contributed by atoms with Gasteiger partial charge in [-0.2, -0.15) is 4.62 Å². The van der Waals surface area contributed by atoms with Crippen molar-refractivity contribution in [2.45, 2.75) is 0 Å². The van der Waals surface area contributed by atoms with Gasteiger partial charge >= 0.3 is 7.60 Å². The second-order valence-electron chi connectivity index (χ2n) is 4.16. The van der Waals surface area contributed by atoms with Crippen LogP contribution in [0.3, 0.4) is 0 Å². The lowest BCUT2D eigenvalue weighted by Gasteiger charge is -2.13. The summed E-state index contributed by atoms with van der Waals surface area (Å²) in [6, 6.07) is 7.64. The van der Waals surface area contributed by atoms with Crippen LogP contribution in [0.25, 0.3) is 10.8 Å². The third-order valence-corrected chi connectivity index (χ3v) is 3.00. The summed E-state index contributed by atoms with van der Waals surface area (Å²) >= 11 is 0. The SMILES string of the molecule is CP(=O)(O)ONc1c(N)cc([N+](=O)[O-])c2ccccc12. The first-order valence-electron chi connectivity index (χ1n) is 5.50. The zero-order valence-electron chi connectivity index (χ0n) is 10.4. The first-order chi connectivity index (χ1) is 9.29. The third kappa shape index (κ3) is 2.88. The number of nitrogens with two attached hydrogens (primary N) is 1. The molecule has 0 aliphatic rings. The summed E-state index contributed by atoms with van der Waals surface area (Å²) in [5.41, 5.74) is 8.15. The first kappa shape index (κ1) is 14.3. The number of rotatable bonds is 4. The lowest BCUT2D eigenvalue weighted by atomic mass is 10.1. The highest BCUT2D eigenvalue weighted by atomic mass is 31.2. The first-order valence-corrected chi connectivity index (χ1v) is 7.52. The zero-order valence-corrected chi connectivity index (χ0v) is 11.3. The van der Waals surface area contributed by atoms with E-state index in [2.05, 4.69) is 10.1 Å². The second kappa shape index (κ2) is 5.09. The number of nitro groups is 1. The highest BCUT2D eigenvalue weighted by molar-refractivity contribution is 7.51. The fourth-order valence-corrected chi connectivity index (χ4v) is 2.03. The van der Waals surface area contributed by atoms with Gasteiger partial charge in [-0.05, 0) is 6.07 Å². The molecule has 0 heterocycles. The normalized spacial score (nSPS) is 13.9. The topological polar surface area (TPSA) is 128 Å². The number of nitro benzene ring substituents is 1. The van der Waals surface area contributed by atoms with E-state index in [0.29, 0.717) is 10.8 Å². The molecule has 1 atom stereocenters. The van der Waals surface area contributed by atoms with E-state index in [4.69, 9.17) is 10.6 Å². The number of nitrogens with zero attached hydrogens (tertiary/aromatic N) is 1. The Bertz CT molecular complexity index is 727. The molecule has 20 heavy (non-hydrogen) atoms. The molecular formula is C11H12N3O5P. The molecule has 0 saturated heterocycles. The molecule has 0 aliphatic heterocycles. The van der Waals surface area contributed by atoms with Crippen molar-refractivity contribution in [3.63, 3.8) is 0 Å². The van der Waals surface area contributed by atoms with Crippen LogP contribution >= 0.6 is 7.60 Å². The van der Waals surface area contributed by atoms with E-state index in [1.54, 1.807) is 24.3 Å². The van der Waals surface area contributed by atoms with Crippen LogP contribution in [0.5, 0.6) is 0 Å². The van der Waals surface area contributed by atoms with Crippen LogP contribution in [0.4, 0.5) is 17.1 Å². The number of benzene rings is 2. The Hall–Kier alpha value is -2.15. The summed E-state index contributed by atoms with van der Waals surface area (Å²) in [7, 11) is -3.76. The van der Waals surface area contributed by atoms with E-state index < -0.39 is 12.5 Å². The van der Waals surface area contributed by atoms with Gasteiger partial charge in [0, 0.05) is 18.1 Å². The van der Waals surface area contributed by atoms with Crippen LogP contribution in [-0.4, -0.2) is 16.5 Å². The quantitative estimate of drug-likeness (QED) is 0.342. The van der Waals surface area contributed by atoms with Crippen molar-refractivity contribution in [2.24, 2.45) is 0 Å². The average Bonchev–Trinajstić information content (AvgIpc) is 2.35. The van der Waals surface area contributed by atoms with Crippen molar-refractivity contribution in [1.29, 1.82) is 0 Å². The van der Waals surface area contributed by atoms with Crippen LogP contribution in [0.2, 0.25) is 0 Å². The lowest BCUT2D eigenvalue weighted by Crippen LogP contribution is -2.04. The molecule has 0 saturated carbocycles. The molecule has 9 heteroatoms. The molecule has 8 nitrogen and oxygen atoms in total. The van der Waals surface area contributed by atoms with Gasteiger partial charge < -0.3 is 10.6 Å². The third-order valence-electron chi connectivity index (χ3n) is 2.57. The number of fused-ring (bicyclic) bond motifs is 1. The van der Waals surface area contributed by atoms with E-state index >= 15 is 0 Å². The van der Waals surface area contributed by atoms with Crippen molar-refractivity contribution in [3.05, 3.63) is 40.4 Å². The molecule has 2 aromatic rings. The Morgan fingerprint density at radius 2 is 2.00 bits per heavy atom. The Kier molecular flexibility index (Phi) is 3.63. The van der Waals surface area contributed by atoms with Crippen LogP contribution in [0.15, 0.2) is 30.3 Å². The van der Waals surface area contributed by atoms with Crippen molar-refractivity contribution < 1.29 is 19.0 Å². The van der Waals surface area contributed by atoms with Crippen LogP contribution in [0, 0.1) is 10.1 Å². The van der Waals surface area contributed by atoms with Crippen molar-refractivity contribution in [3.8, 4) is 0 Å². The van der Waals surface area contributed by atoms with Gasteiger partial charge in [0.25, 0.3) is 5.69 Å². The van der Waals surface area contributed by atoms with Gasteiger partial charge in [0.15, 0.2) is 0 Å². The predicted octanol–water partition coefficient (Wildman–Crippen LogP) is 2.49. The molecule has 1 unspecified atom stereocenters. The van der Waals surface area contributed by atoms with E-state index in [1.807, 2.05) is 0 Å². The molecule has 0 aliphatic carbocycles. The summed E-state index contributed by atoms with van der Waals surface area (Å²) in [4.78, 5) is 19.6. The number of non-ortho nitro benzene ring substituents is 1. The summed E-state index contributed by atoms with van der Waals surface area (Å²) in [6.45, 7) is 1.00. The van der Waals surface area contributed by atoms with Crippen molar-refractivity contribution >= 4 is 35.4 Å². The molecular weight excluding hydrogens is 285 g/mol. The predicted molar refractivity (Wildman–Crippen MR) is 75.5 cm³/mol. The minimum atomic E-state index is -3.76. The smallest absolute Gasteiger partial charge is 0.346 e. The van der Waals surface area contributed by atoms with Gasteiger partial charge in [-0.3, -0.25) is 20.2 Å². The van der Waals surface area contributed by atoms with Crippen LogP contribution in [-0.2, 0) is 9.19 Å². The average molecular weight is 297 g/mol. The maximum absolute atomic E-state index is 11.1. The molecule has 2 aromatic carbocycles. The summed E-state index contributed by atoms with van der Waals surface area (Å²) in [5, 5.41) is 11.8. The molecule has 0 fully saturated rings. The summed E-state index contributed by atoms with van der Waals surface area (Å²) in [5.74, 6) is 0. The van der Waals surface area contributed by atoms with Gasteiger partial charge in [-0.1, -0.05) is 18.2 Å². The molecule has 0 spiro atoms. The highest BCUT2D eigenvalue weighted by Gasteiger charge is 2.19. The minimum absolute atomic E-state index is 0.0452. The van der Waals surface area contributed by atoms with Gasteiger partial charge in [0.05, 0.1) is 21.7 Å². The number of hydrogen-bond donors (Lipinski definition) is 3. The fourth-order valence-electron chi connectivity index (χ4n) is 1.77. The molecule has 0 aromatic heterocycles. The maximum Gasteiger partial charge on any atom is 0.346 e. The minimum Gasteiger partial charge on any atom is -0.397 e.